The first-order valence-corrected chi connectivity index (χ1v) is 9.63. The Morgan fingerprint density at radius 3 is 2.31 bits per heavy atom. The first-order chi connectivity index (χ1) is 13.7. The molecule has 1 unspecified atom stereocenters. The van der Waals surface area contributed by atoms with Gasteiger partial charge in [-0.15, -0.1) is 0 Å². The Hall–Kier alpha value is -3.00. The molecule has 2 aromatic rings. The summed E-state index contributed by atoms with van der Waals surface area (Å²) in [5.74, 6) is -1.78. The fraction of sp³-hybridized carbons (Fsp3) is 0.238. The van der Waals surface area contributed by atoms with Crippen molar-refractivity contribution in [3.8, 4) is 0 Å². The van der Waals surface area contributed by atoms with Gasteiger partial charge in [0.2, 0.25) is 17.7 Å². The van der Waals surface area contributed by atoms with E-state index < -0.39 is 29.1 Å². The highest BCUT2D eigenvalue weighted by molar-refractivity contribution is 9.10. The highest BCUT2D eigenvalue weighted by atomic mass is 79.9. The van der Waals surface area contributed by atoms with Crippen molar-refractivity contribution in [1.82, 2.24) is 4.90 Å². The number of rotatable bonds is 5. The molecule has 3 amide bonds. The summed E-state index contributed by atoms with van der Waals surface area (Å²) in [5.41, 5.74) is 0.513. The number of methoxy groups -OCH3 is 1. The number of hydrogen-bond acceptors (Lipinski definition) is 5. The first-order valence-electron chi connectivity index (χ1n) is 8.83. The summed E-state index contributed by atoms with van der Waals surface area (Å²) >= 11 is 3.35. The maximum atomic E-state index is 12.9. The van der Waals surface area contributed by atoms with Gasteiger partial charge in [0.15, 0.2) is 0 Å². The number of hydrogen-bond donors (Lipinski definition) is 1. The maximum absolute atomic E-state index is 12.9. The van der Waals surface area contributed by atoms with E-state index in [2.05, 4.69) is 26.0 Å². The third-order valence-electron chi connectivity index (χ3n) is 4.90. The van der Waals surface area contributed by atoms with Crippen LogP contribution in [0.25, 0.3) is 0 Å². The number of carbonyl (C=O) groups excluding carboxylic acids is 4. The van der Waals surface area contributed by atoms with Crippen LogP contribution in [-0.2, 0) is 24.5 Å². The van der Waals surface area contributed by atoms with Gasteiger partial charge in [-0.2, -0.15) is 0 Å². The van der Waals surface area contributed by atoms with E-state index in [1.807, 2.05) is 12.1 Å². The normalized spacial score (nSPS) is 18.7. The van der Waals surface area contributed by atoms with Gasteiger partial charge in [0.1, 0.15) is 6.54 Å². The second kappa shape index (κ2) is 8.16. The Morgan fingerprint density at radius 1 is 1.10 bits per heavy atom. The highest BCUT2D eigenvalue weighted by Crippen LogP contribution is 2.36. The van der Waals surface area contributed by atoms with Crippen molar-refractivity contribution in [3.05, 3.63) is 64.1 Å². The number of carbonyl (C=O) groups is 4. The zero-order chi connectivity index (χ0) is 21.2. The molecule has 0 aliphatic carbocycles. The monoisotopic (exact) mass is 458 g/mol. The van der Waals surface area contributed by atoms with Crippen LogP contribution in [0.4, 0.5) is 5.69 Å². The first kappa shape index (κ1) is 20.7. The van der Waals surface area contributed by atoms with Crippen LogP contribution >= 0.6 is 15.9 Å². The molecule has 0 spiro atoms. The van der Waals surface area contributed by atoms with Crippen molar-refractivity contribution in [3.63, 3.8) is 0 Å². The SMILES string of the molecule is COC(=O)c1ccc(NC(=O)CN2C(=O)CC(C)(c3ccc(Br)cc3)C2=O)cc1. The smallest absolute Gasteiger partial charge is 0.337 e. The van der Waals surface area contributed by atoms with Crippen LogP contribution in [-0.4, -0.2) is 42.2 Å². The molecule has 2 aromatic carbocycles. The number of likely N-dealkylation sites (tertiary alicyclic amines) is 1. The highest BCUT2D eigenvalue weighted by Gasteiger charge is 2.49. The van der Waals surface area contributed by atoms with Gasteiger partial charge in [-0.25, -0.2) is 4.79 Å². The number of esters is 1. The molecule has 0 bridgehead atoms. The van der Waals surface area contributed by atoms with Gasteiger partial charge in [-0.05, 0) is 48.9 Å². The van der Waals surface area contributed by atoms with Gasteiger partial charge in [0.05, 0.1) is 18.1 Å². The Balaban J connectivity index is 1.69. The van der Waals surface area contributed by atoms with Crippen LogP contribution in [0.3, 0.4) is 0 Å². The Labute approximate surface area is 176 Å². The van der Waals surface area contributed by atoms with Crippen molar-refractivity contribution in [2.75, 3.05) is 19.0 Å². The second-order valence-corrected chi connectivity index (χ2v) is 7.83. The lowest BCUT2D eigenvalue weighted by atomic mass is 9.81. The molecule has 8 heteroatoms. The lowest BCUT2D eigenvalue weighted by Gasteiger charge is -2.22. The largest absolute Gasteiger partial charge is 0.465 e. The summed E-state index contributed by atoms with van der Waals surface area (Å²) in [6.07, 6.45) is 0.00850. The van der Waals surface area contributed by atoms with E-state index in [0.717, 1.165) is 14.9 Å². The predicted octanol–water partition coefficient (Wildman–Crippen LogP) is 2.89. The van der Waals surface area contributed by atoms with E-state index in [1.165, 1.54) is 19.2 Å². The van der Waals surface area contributed by atoms with Crippen molar-refractivity contribution in [2.45, 2.75) is 18.8 Å². The number of imide groups is 1. The Morgan fingerprint density at radius 2 is 1.72 bits per heavy atom. The number of ether oxygens (including phenoxy) is 1. The fourth-order valence-corrected chi connectivity index (χ4v) is 3.50. The van der Waals surface area contributed by atoms with Gasteiger partial charge in [-0.1, -0.05) is 28.1 Å². The molecular formula is C21H19BrN2O5. The number of nitrogens with zero attached hydrogens (tertiary/aromatic N) is 1. The van der Waals surface area contributed by atoms with Crippen molar-refractivity contribution >= 4 is 45.3 Å². The maximum Gasteiger partial charge on any atom is 0.337 e. The summed E-state index contributed by atoms with van der Waals surface area (Å²) in [4.78, 5) is 50.2. The molecule has 7 nitrogen and oxygen atoms in total. The zero-order valence-corrected chi connectivity index (χ0v) is 17.5. The zero-order valence-electron chi connectivity index (χ0n) is 15.9. The quantitative estimate of drug-likeness (QED) is 0.549. The van der Waals surface area contributed by atoms with E-state index in [0.29, 0.717) is 11.3 Å². The molecule has 0 aromatic heterocycles. The standard InChI is InChI=1S/C21H19BrN2O5/c1-21(14-5-7-15(22)8-6-14)11-18(26)24(20(21)28)12-17(25)23-16-9-3-13(4-10-16)19(27)29-2/h3-10H,11-12H2,1-2H3,(H,23,25). The van der Waals surface area contributed by atoms with Crippen LogP contribution in [0.5, 0.6) is 0 Å². The van der Waals surface area contributed by atoms with E-state index in [4.69, 9.17) is 0 Å². The minimum atomic E-state index is -1.000. The van der Waals surface area contributed by atoms with Crippen LogP contribution < -0.4 is 5.32 Å². The number of benzene rings is 2. The average molecular weight is 459 g/mol. The Kier molecular flexibility index (Phi) is 5.83. The molecule has 1 saturated heterocycles. The minimum absolute atomic E-state index is 0.00850. The molecule has 1 aliphatic rings. The molecule has 3 rings (SSSR count). The lowest BCUT2D eigenvalue weighted by molar-refractivity contribution is -0.142. The molecular weight excluding hydrogens is 440 g/mol. The average Bonchev–Trinajstić information content (AvgIpc) is 2.92. The van der Waals surface area contributed by atoms with Gasteiger partial charge >= 0.3 is 5.97 Å². The van der Waals surface area contributed by atoms with Crippen molar-refractivity contribution < 1.29 is 23.9 Å². The molecule has 1 N–H and O–H groups in total. The summed E-state index contributed by atoms with van der Waals surface area (Å²) in [5, 5.41) is 2.63. The lowest BCUT2D eigenvalue weighted by Crippen LogP contribution is -2.41. The summed E-state index contributed by atoms with van der Waals surface area (Å²) in [6.45, 7) is 1.34. The molecule has 1 heterocycles. The number of amides is 3. The second-order valence-electron chi connectivity index (χ2n) is 6.92. The molecule has 1 atom stereocenters. The molecule has 0 saturated carbocycles. The van der Waals surface area contributed by atoms with Crippen LogP contribution in [0.1, 0.15) is 29.3 Å². The van der Waals surface area contributed by atoms with E-state index in [9.17, 15) is 19.2 Å². The van der Waals surface area contributed by atoms with Gasteiger partial charge in [0, 0.05) is 16.6 Å². The molecule has 0 radical (unpaired) electrons. The molecule has 29 heavy (non-hydrogen) atoms. The van der Waals surface area contributed by atoms with Crippen LogP contribution in [0.15, 0.2) is 53.0 Å². The summed E-state index contributed by atoms with van der Waals surface area (Å²) in [7, 11) is 1.28. The Bertz CT molecular complexity index is 972. The van der Waals surface area contributed by atoms with Gasteiger partial charge < -0.3 is 10.1 Å². The van der Waals surface area contributed by atoms with Gasteiger partial charge in [0.25, 0.3) is 0 Å². The molecule has 1 fully saturated rings. The molecule has 150 valence electrons. The number of anilines is 1. The van der Waals surface area contributed by atoms with Crippen LogP contribution in [0.2, 0.25) is 0 Å². The third kappa shape index (κ3) is 4.22. The van der Waals surface area contributed by atoms with Crippen LogP contribution in [0, 0.1) is 0 Å². The van der Waals surface area contributed by atoms with E-state index >= 15 is 0 Å². The predicted molar refractivity (Wildman–Crippen MR) is 109 cm³/mol. The summed E-state index contributed by atoms with van der Waals surface area (Å²) in [6, 6.07) is 13.3. The topological polar surface area (TPSA) is 92.8 Å². The van der Waals surface area contributed by atoms with E-state index in [1.54, 1.807) is 31.2 Å². The summed E-state index contributed by atoms with van der Waals surface area (Å²) < 4.78 is 5.49. The molecule has 1 aliphatic heterocycles. The number of halogens is 1. The van der Waals surface area contributed by atoms with E-state index in [-0.39, 0.29) is 13.0 Å². The van der Waals surface area contributed by atoms with Crippen molar-refractivity contribution in [1.29, 1.82) is 0 Å². The van der Waals surface area contributed by atoms with Gasteiger partial charge in [-0.3, -0.25) is 19.3 Å². The third-order valence-corrected chi connectivity index (χ3v) is 5.42. The van der Waals surface area contributed by atoms with Crippen molar-refractivity contribution in [2.24, 2.45) is 0 Å². The number of nitrogens with one attached hydrogen (secondary N) is 1. The fourth-order valence-electron chi connectivity index (χ4n) is 3.24. The minimum Gasteiger partial charge on any atom is -0.465 e.